The summed E-state index contributed by atoms with van der Waals surface area (Å²) in [5.74, 6) is 1.25. The molecular weight excluding hydrogens is 471 g/mol. The molecule has 4 aromatic rings. The molecule has 1 aliphatic rings. The standard InChI is InChI=1S/C24H26F3N9/c1-2-35-5-7-36(8-6-35)20-4-3-15(10-29-20)11-32-23-33-14-19(28)21(34-23)18-13-31-22-17(18)9-16(12-30-22)24(25,26)27/h3-4,9-10,12-14H,2,5-8,11,28H2,1H3,(H,30,31)(H,32,33,34). The molecular formula is C24H26F3N9. The molecule has 12 heteroatoms. The van der Waals surface area contributed by atoms with Crippen LogP contribution in [0, 0.1) is 0 Å². The Bertz CT molecular complexity index is 1340. The second-order valence-corrected chi connectivity index (χ2v) is 8.62. The van der Waals surface area contributed by atoms with Crippen LogP contribution in [-0.4, -0.2) is 62.5 Å². The number of fused-ring (bicyclic) bond motifs is 1. The van der Waals surface area contributed by atoms with Crippen molar-refractivity contribution in [2.45, 2.75) is 19.6 Å². The van der Waals surface area contributed by atoms with Crippen molar-refractivity contribution >= 4 is 28.5 Å². The van der Waals surface area contributed by atoms with E-state index in [0.717, 1.165) is 56.4 Å². The molecule has 5 rings (SSSR count). The van der Waals surface area contributed by atoms with Gasteiger partial charge in [-0.2, -0.15) is 13.2 Å². The maximum atomic E-state index is 13.2. The van der Waals surface area contributed by atoms with Gasteiger partial charge in [0.25, 0.3) is 0 Å². The smallest absolute Gasteiger partial charge is 0.396 e. The number of alkyl halides is 3. The predicted molar refractivity (Wildman–Crippen MR) is 132 cm³/mol. The summed E-state index contributed by atoms with van der Waals surface area (Å²) in [6, 6.07) is 5.05. The predicted octanol–water partition coefficient (Wildman–Crippen LogP) is 3.77. The fraction of sp³-hybridized carbons (Fsp3) is 0.333. The molecule has 0 unspecified atom stereocenters. The van der Waals surface area contributed by atoms with Crippen LogP contribution in [0.5, 0.6) is 0 Å². The summed E-state index contributed by atoms with van der Waals surface area (Å²) in [5, 5.41) is 3.42. The van der Waals surface area contributed by atoms with Gasteiger partial charge in [0.05, 0.1) is 17.4 Å². The van der Waals surface area contributed by atoms with Gasteiger partial charge in [0.2, 0.25) is 5.95 Å². The third-order valence-electron chi connectivity index (χ3n) is 6.33. The van der Waals surface area contributed by atoms with Crippen LogP contribution < -0.4 is 16.0 Å². The number of hydrogen-bond acceptors (Lipinski definition) is 8. The SMILES string of the molecule is CCN1CCN(c2ccc(CNc3ncc(N)c(-c4c[nH]c5ncc(C(F)(F)F)cc45)n3)cn2)CC1. The number of aromatic nitrogens is 5. The highest BCUT2D eigenvalue weighted by Gasteiger charge is 2.31. The summed E-state index contributed by atoms with van der Waals surface area (Å²) in [4.78, 5) is 24.7. The van der Waals surface area contributed by atoms with Gasteiger partial charge in [-0.05, 0) is 24.2 Å². The maximum Gasteiger partial charge on any atom is 0.417 e. The number of pyridine rings is 2. The molecule has 0 amide bonds. The number of likely N-dealkylation sites (N-methyl/N-ethyl adjacent to an activating group) is 1. The third-order valence-corrected chi connectivity index (χ3v) is 6.33. The zero-order valence-corrected chi connectivity index (χ0v) is 19.7. The second kappa shape index (κ2) is 9.61. The fourth-order valence-electron chi connectivity index (χ4n) is 4.23. The maximum absolute atomic E-state index is 13.2. The molecule has 4 N–H and O–H groups in total. The van der Waals surface area contributed by atoms with E-state index in [0.29, 0.717) is 29.4 Å². The Hall–Kier alpha value is -3.93. The normalized spacial score (nSPS) is 14.9. The Labute approximate surface area is 205 Å². The van der Waals surface area contributed by atoms with E-state index in [2.05, 4.69) is 47.0 Å². The minimum Gasteiger partial charge on any atom is -0.396 e. The summed E-state index contributed by atoms with van der Waals surface area (Å²) in [6.07, 6.45) is 1.08. The molecule has 1 fully saturated rings. The van der Waals surface area contributed by atoms with E-state index in [-0.39, 0.29) is 11.1 Å². The Morgan fingerprint density at radius 3 is 2.56 bits per heavy atom. The molecule has 1 aliphatic heterocycles. The number of H-pyrrole nitrogens is 1. The van der Waals surface area contributed by atoms with Gasteiger partial charge in [0, 0.05) is 62.3 Å². The molecule has 188 valence electrons. The lowest BCUT2D eigenvalue weighted by Gasteiger charge is -2.34. The van der Waals surface area contributed by atoms with Gasteiger partial charge in [-0.3, -0.25) is 0 Å². The van der Waals surface area contributed by atoms with Gasteiger partial charge in [0.15, 0.2) is 0 Å². The molecule has 0 spiro atoms. The monoisotopic (exact) mass is 497 g/mol. The highest BCUT2D eigenvalue weighted by Crippen LogP contribution is 2.35. The molecule has 5 heterocycles. The molecule has 0 radical (unpaired) electrons. The molecule has 0 aliphatic carbocycles. The number of anilines is 3. The Morgan fingerprint density at radius 2 is 1.86 bits per heavy atom. The van der Waals surface area contributed by atoms with Gasteiger partial charge >= 0.3 is 6.18 Å². The van der Waals surface area contributed by atoms with Gasteiger partial charge in [-0.15, -0.1) is 0 Å². The summed E-state index contributed by atoms with van der Waals surface area (Å²) in [7, 11) is 0. The van der Waals surface area contributed by atoms with Crippen molar-refractivity contribution in [2.24, 2.45) is 0 Å². The van der Waals surface area contributed by atoms with E-state index < -0.39 is 11.7 Å². The highest BCUT2D eigenvalue weighted by molar-refractivity contribution is 5.95. The molecule has 0 saturated carbocycles. The number of nitrogens with zero attached hydrogens (tertiary/aromatic N) is 6. The quantitative estimate of drug-likeness (QED) is 0.369. The molecule has 4 aromatic heterocycles. The van der Waals surface area contributed by atoms with Crippen molar-refractivity contribution in [2.75, 3.05) is 48.7 Å². The fourth-order valence-corrected chi connectivity index (χ4v) is 4.23. The van der Waals surface area contributed by atoms with Gasteiger partial charge < -0.3 is 25.8 Å². The molecule has 0 atom stereocenters. The minimum absolute atomic E-state index is 0.244. The highest BCUT2D eigenvalue weighted by atomic mass is 19.4. The summed E-state index contributed by atoms with van der Waals surface area (Å²) >= 11 is 0. The van der Waals surface area contributed by atoms with E-state index in [9.17, 15) is 13.2 Å². The lowest BCUT2D eigenvalue weighted by molar-refractivity contribution is -0.137. The average Bonchev–Trinajstić information content (AvgIpc) is 3.31. The lowest BCUT2D eigenvalue weighted by atomic mass is 10.1. The van der Waals surface area contributed by atoms with Crippen LogP contribution in [0.4, 0.5) is 30.6 Å². The van der Waals surface area contributed by atoms with E-state index in [1.165, 1.54) is 6.20 Å². The topological polar surface area (TPSA) is 112 Å². The Kier molecular flexibility index (Phi) is 6.35. The number of nitrogens with two attached hydrogens (primary N) is 1. The van der Waals surface area contributed by atoms with Crippen molar-refractivity contribution in [3.63, 3.8) is 0 Å². The van der Waals surface area contributed by atoms with Crippen LogP contribution in [0.1, 0.15) is 18.1 Å². The van der Waals surface area contributed by atoms with Crippen molar-refractivity contribution < 1.29 is 13.2 Å². The molecule has 9 nitrogen and oxygen atoms in total. The summed E-state index contributed by atoms with van der Waals surface area (Å²) in [5.41, 5.74) is 7.47. The summed E-state index contributed by atoms with van der Waals surface area (Å²) in [6.45, 7) is 7.62. The van der Waals surface area contributed by atoms with Crippen molar-refractivity contribution in [3.05, 3.63) is 54.1 Å². The number of rotatable bonds is 6. The first-order chi connectivity index (χ1) is 17.3. The third kappa shape index (κ3) is 4.89. The van der Waals surface area contributed by atoms with Crippen LogP contribution in [-0.2, 0) is 12.7 Å². The average molecular weight is 498 g/mol. The van der Waals surface area contributed by atoms with Crippen LogP contribution in [0.15, 0.2) is 43.0 Å². The van der Waals surface area contributed by atoms with Gasteiger partial charge in [-0.25, -0.2) is 19.9 Å². The van der Waals surface area contributed by atoms with Crippen LogP contribution >= 0.6 is 0 Å². The largest absolute Gasteiger partial charge is 0.417 e. The van der Waals surface area contributed by atoms with E-state index in [4.69, 9.17) is 5.73 Å². The Balaban J connectivity index is 1.31. The number of piperazine rings is 1. The van der Waals surface area contributed by atoms with Crippen LogP contribution in [0.2, 0.25) is 0 Å². The number of aromatic amines is 1. The van der Waals surface area contributed by atoms with Crippen molar-refractivity contribution in [3.8, 4) is 11.3 Å². The number of hydrogen-bond donors (Lipinski definition) is 3. The molecule has 0 aromatic carbocycles. The zero-order valence-electron chi connectivity index (χ0n) is 19.7. The van der Waals surface area contributed by atoms with Crippen LogP contribution in [0.25, 0.3) is 22.3 Å². The first-order valence-corrected chi connectivity index (χ1v) is 11.6. The van der Waals surface area contributed by atoms with E-state index in [1.54, 1.807) is 6.20 Å². The molecule has 0 bridgehead atoms. The van der Waals surface area contributed by atoms with Gasteiger partial charge in [0.1, 0.15) is 17.2 Å². The first kappa shape index (κ1) is 23.8. The number of halogens is 3. The van der Waals surface area contributed by atoms with E-state index >= 15 is 0 Å². The number of nitrogens with one attached hydrogen (secondary N) is 2. The number of nitrogen functional groups attached to an aromatic ring is 1. The van der Waals surface area contributed by atoms with Crippen molar-refractivity contribution in [1.82, 2.24) is 29.8 Å². The zero-order chi connectivity index (χ0) is 25.3. The minimum atomic E-state index is -4.51. The van der Waals surface area contributed by atoms with Crippen molar-refractivity contribution in [1.29, 1.82) is 0 Å². The van der Waals surface area contributed by atoms with E-state index in [1.807, 2.05) is 18.3 Å². The molecule has 1 saturated heterocycles. The second-order valence-electron chi connectivity index (χ2n) is 8.62. The van der Waals surface area contributed by atoms with Crippen LogP contribution in [0.3, 0.4) is 0 Å². The first-order valence-electron chi connectivity index (χ1n) is 11.6. The lowest BCUT2D eigenvalue weighted by Crippen LogP contribution is -2.46. The van der Waals surface area contributed by atoms with Gasteiger partial charge in [-0.1, -0.05) is 13.0 Å². The summed E-state index contributed by atoms with van der Waals surface area (Å²) < 4.78 is 39.6. The molecule has 36 heavy (non-hydrogen) atoms. The Morgan fingerprint density at radius 1 is 1.06 bits per heavy atom.